The molecule has 17 aromatic rings. The van der Waals surface area contributed by atoms with E-state index in [2.05, 4.69) is 469 Å². The molecule has 516 valence electrons. The number of anilines is 12. The third kappa shape index (κ3) is 12.6. The number of rotatable bonds is 17. The SMILES string of the molecule is C(=Cc1ccc(N2c3ccccc3B(c3c(-c4ccccc4)cccc3-c3ccc(-c4ccc(-c5cccc(-c6ccccc6)c5B5c6ccccc6N(c6ccccc6)c6ccc(N(c7ccccc7)c7ccccc7)cc65)cc4)cc3)c3ccccc32)cc1)c1ccc(N(c2ccccc2)c2ccccc2)cc1. The van der Waals surface area contributed by atoms with Gasteiger partial charge in [-0.3, -0.25) is 0 Å². The van der Waals surface area contributed by atoms with Gasteiger partial charge in [0.1, 0.15) is 0 Å². The molecule has 0 saturated carbocycles. The van der Waals surface area contributed by atoms with Crippen molar-refractivity contribution in [2.24, 2.45) is 0 Å². The molecule has 0 saturated heterocycles. The second kappa shape index (κ2) is 29.6. The van der Waals surface area contributed by atoms with Crippen LogP contribution in [0.2, 0.25) is 0 Å². The molecule has 0 unspecified atom stereocenters. The van der Waals surface area contributed by atoms with Crippen molar-refractivity contribution in [3.63, 3.8) is 0 Å². The molecule has 17 aromatic carbocycles. The van der Waals surface area contributed by atoms with E-state index < -0.39 is 0 Å². The Labute approximate surface area is 645 Å². The summed E-state index contributed by atoms with van der Waals surface area (Å²) in [5.74, 6) is 0. The number of benzene rings is 17. The average Bonchev–Trinajstić information content (AvgIpc) is 0.727. The lowest BCUT2D eigenvalue weighted by molar-refractivity contribution is 1.26. The fourth-order valence-electron chi connectivity index (χ4n) is 16.8. The van der Waals surface area contributed by atoms with Crippen molar-refractivity contribution < 1.29 is 0 Å². The largest absolute Gasteiger partial charge is 0.312 e. The zero-order chi connectivity index (χ0) is 73.1. The Kier molecular flexibility index (Phi) is 17.9. The molecule has 6 heteroatoms. The molecule has 4 nitrogen and oxygen atoms in total. The molecule has 0 bridgehead atoms. The predicted molar refractivity (Wildman–Crippen MR) is 470 cm³/mol. The number of hydrogen-bond acceptors (Lipinski definition) is 4. The zero-order valence-electron chi connectivity index (χ0n) is 60.7. The summed E-state index contributed by atoms with van der Waals surface area (Å²) in [5.41, 5.74) is 35.0. The molecule has 19 rings (SSSR count). The average molecular weight is 1400 g/mol. The van der Waals surface area contributed by atoms with E-state index in [1.165, 1.54) is 66.2 Å². The van der Waals surface area contributed by atoms with Gasteiger partial charge in [0.05, 0.1) is 0 Å². The molecular weight excluding hydrogens is 1330 g/mol. The summed E-state index contributed by atoms with van der Waals surface area (Å²) in [6, 6.07) is 160. The highest BCUT2D eigenvalue weighted by Crippen LogP contribution is 2.44. The van der Waals surface area contributed by atoms with Crippen LogP contribution in [0.3, 0.4) is 0 Å². The van der Waals surface area contributed by atoms with Gasteiger partial charge in [-0.1, -0.05) is 339 Å². The fraction of sp³-hybridized carbons (Fsp3) is 0. The van der Waals surface area contributed by atoms with Gasteiger partial charge < -0.3 is 19.6 Å². The molecule has 2 heterocycles. The Morgan fingerprint density at radius 3 is 0.855 bits per heavy atom. The Hall–Kier alpha value is -14.2. The summed E-state index contributed by atoms with van der Waals surface area (Å²) in [6.45, 7) is -0.267. The van der Waals surface area contributed by atoms with Crippen LogP contribution in [0.25, 0.3) is 67.8 Å². The second-order valence-corrected chi connectivity index (χ2v) is 28.2. The lowest BCUT2D eigenvalue weighted by Gasteiger charge is -2.39. The van der Waals surface area contributed by atoms with Crippen LogP contribution in [-0.2, 0) is 0 Å². The Morgan fingerprint density at radius 2 is 0.464 bits per heavy atom. The molecule has 2 aliphatic heterocycles. The maximum atomic E-state index is 2.46. The van der Waals surface area contributed by atoms with E-state index in [9.17, 15) is 0 Å². The van der Waals surface area contributed by atoms with Crippen LogP contribution in [0, 0.1) is 0 Å². The lowest BCUT2D eigenvalue weighted by Crippen LogP contribution is -2.58. The van der Waals surface area contributed by atoms with Gasteiger partial charge >= 0.3 is 0 Å². The highest BCUT2D eigenvalue weighted by atomic mass is 15.2. The molecule has 0 radical (unpaired) electrons. The number of fused-ring (bicyclic) bond motifs is 4. The summed E-state index contributed by atoms with van der Waals surface area (Å²) < 4.78 is 0. The van der Waals surface area contributed by atoms with Crippen molar-refractivity contribution in [2.45, 2.75) is 0 Å². The van der Waals surface area contributed by atoms with Gasteiger partial charge in [-0.05, 0) is 210 Å². The van der Waals surface area contributed by atoms with Crippen molar-refractivity contribution in [2.75, 3.05) is 19.6 Å². The van der Waals surface area contributed by atoms with Crippen LogP contribution in [0.4, 0.5) is 68.2 Å². The zero-order valence-corrected chi connectivity index (χ0v) is 60.7. The number of para-hydroxylation sites is 8. The van der Waals surface area contributed by atoms with Crippen LogP contribution < -0.4 is 52.4 Å². The molecular formula is C104H74B2N4. The topological polar surface area (TPSA) is 13.0 Å². The van der Waals surface area contributed by atoms with Crippen LogP contribution in [0.5, 0.6) is 0 Å². The second-order valence-electron chi connectivity index (χ2n) is 28.2. The van der Waals surface area contributed by atoms with E-state index in [0.29, 0.717) is 0 Å². The minimum atomic E-state index is -0.171. The maximum absolute atomic E-state index is 2.46. The molecule has 0 amide bonds. The van der Waals surface area contributed by atoms with E-state index in [-0.39, 0.29) is 13.4 Å². The number of nitrogens with zero attached hydrogens (tertiary/aromatic N) is 4. The van der Waals surface area contributed by atoms with E-state index in [4.69, 9.17) is 0 Å². The van der Waals surface area contributed by atoms with Crippen molar-refractivity contribution in [1.82, 2.24) is 0 Å². The van der Waals surface area contributed by atoms with E-state index in [1.54, 1.807) is 0 Å². The summed E-state index contributed by atoms with van der Waals surface area (Å²) in [7, 11) is 0. The van der Waals surface area contributed by atoms with Gasteiger partial charge in [-0.15, -0.1) is 0 Å². The normalized spacial score (nSPS) is 12.1. The third-order valence-electron chi connectivity index (χ3n) is 21.8. The Balaban J connectivity index is 0.664. The van der Waals surface area contributed by atoms with E-state index in [0.717, 1.165) is 102 Å². The first-order valence-electron chi connectivity index (χ1n) is 37.9. The summed E-state index contributed by atoms with van der Waals surface area (Å²) in [4.78, 5) is 9.60. The first kappa shape index (κ1) is 66.5. The summed E-state index contributed by atoms with van der Waals surface area (Å²) in [5, 5.41) is 0. The first-order valence-corrected chi connectivity index (χ1v) is 37.9. The van der Waals surface area contributed by atoms with Crippen molar-refractivity contribution in [1.29, 1.82) is 0 Å². The molecule has 0 fully saturated rings. The molecule has 0 aromatic heterocycles. The van der Waals surface area contributed by atoms with Gasteiger partial charge in [-0.25, -0.2) is 0 Å². The van der Waals surface area contributed by atoms with Crippen molar-refractivity contribution >= 4 is 127 Å². The molecule has 0 aliphatic carbocycles. The van der Waals surface area contributed by atoms with Crippen LogP contribution in [0.15, 0.2) is 437 Å². The van der Waals surface area contributed by atoms with Crippen LogP contribution in [-0.4, -0.2) is 13.4 Å². The summed E-state index contributed by atoms with van der Waals surface area (Å²) in [6.07, 6.45) is 4.42. The van der Waals surface area contributed by atoms with E-state index in [1.807, 2.05) is 0 Å². The lowest BCUT2D eigenvalue weighted by atomic mass is 9.33. The molecule has 0 N–H and O–H groups in total. The smallest absolute Gasteiger partial charge is 0.248 e. The number of hydrogen-bond donors (Lipinski definition) is 0. The van der Waals surface area contributed by atoms with Crippen molar-refractivity contribution in [3.8, 4) is 55.6 Å². The Morgan fingerprint density at radius 1 is 0.191 bits per heavy atom. The highest BCUT2D eigenvalue weighted by molar-refractivity contribution is 7.00. The minimum absolute atomic E-state index is 0.0951. The molecule has 110 heavy (non-hydrogen) atoms. The van der Waals surface area contributed by atoms with Gasteiger partial charge in [-0.2, -0.15) is 0 Å². The minimum Gasteiger partial charge on any atom is -0.312 e. The molecule has 2 aliphatic rings. The predicted octanol–water partition coefficient (Wildman–Crippen LogP) is 23.7. The molecule has 0 spiro atoms. The monoisotopic (exact) mass is 1400 g/mol. The van der Waals surface area contributed by atoms with Gasteiger partial charge in [0.25, 0.3) is 0 Å². The van der Waals surface area contributed by atoms with Gasteiger partial charge in [0, 0.05) is 68.2 Å². The maximum Gasteiger partial charge on any atom is 0.248 e. The van der Waals surface area contributed by atoms with Gasteiger partial charge in [0.15, 0.2) is 0 Å². The standard InChI is InChI=1S/C104H74B2N4/c1-8-30-79(31-9-1)91-44-28-46-93(103(91)105-95-48-22-25-51-99(95)110(100-52-26-23-49-96(100)105)89-70-58-76(59-71-89)55-54-75-56-68-88(69-57-75)107(83-34-12-3-13-35-83)84-36-14-4-15-37-84)81-64-60-77(61-65-81)78-62-66-82(67-63-78)94-47-29-45-92(80-32-10-2-11-33-80)104(94)106-97-50-24-27-53-101(97)109(87-42-20-7-21-43-87)102-73-72-90(74-98(102)106)108(85-38-16-5-17-39-85)86-40-18-6-19-41-86/h1-74H. The first-order chi connectivity index (χ1) is 54.6. The quantitative estimate of drug-likeness (QED) is 0.0665. The highest BCUT2D eigenvalue weighted by Gasteiger charge is 2.40. The fourth-order valence-corrected chi connectivity index (χ4v) is 16.8. The van der Waals surface area contributed by atoms with Crippen LogP contribution >= 0.6 is 0 Å². The summed E-state index contributed by atoms with van der Waals surface area (Å²) >= 11 is 0. The third-order valence-corrected chi connectivity index (χ3v) is 21.8. The van der Waals surface area contributed by atoms with Gasteiger partial charge in [0.2, 0.25) is 13.4 Å². The Bertz CT molecular complexity index is 6000. The molecule has 0 atom stereocenters. The van der Waals surface area contributed by atoms with E-state index >= 15 is 0 Å². The van der Waals surface area contributed by atoms with Crippen molar-refractivity contribution in [3.05, 3.63) is 448 Å². The van der Waals surface area contributed by atoms with Crippen LogP contribution in [0.1, 0.15) is 11.1 Å².